The Morgan fingerprint density at radius 3 is 2.49 bits per heavy atom. The molecule has 2 N–H and O–H groups in total. The van der Waals surface area contributed by atoms with Crippen LogP contribution in [0.4, 0.5) is 14.5 Å². The predicted molar refractivity (Wildman–Crippen MR) is 131 cm³/mol. The molecule has 0 amide bonds. The monoisotopic (exact) mass is 471 g/mol. The highest BCUT2D eigenvalue weighted by molar-refractivity contribution is 6.07. The first-order valence-corrected chi connectivity index (χ1v) is 11.0. The van der Waals surface area contributed by atoms with Crippen molar-refractivity contribution in [3.8, 4) is 17.2 Å². The Morgan fingerprint density at radius 1 is 1.06 bits per heavy atom. The van der Waals surface area contributed by atoms with Crippen molar-refractivity contribution in [2.24, 2.45) is 0 Å². The molecule has 35 heavy (non-hydrogen) atoms. The van der Waals surface area contributed by atoms with Crippen molar-refractivity contribution in [2.45, 2.75) is 32.7 Å². The Balaban J connectivity index is 1.80. The number of rotatable bonds is 5. The molecule has 0 radical (unpaired) electrons. The highest BCUT2D eigenvalue weighted by Gasteiger charge is 2.20. The number of pyridine rings is 1. The summed E-state index contributed by atoms with van der Waals surface area (Å²) in [6.45, 7) is 6.01. The molecule has 1 heterocycles. The molecule has 176 valence electrons. The van der Waals surface area contributed by atoms with Crippen LogP contribution in [0.1, 0.15) is 47.8 Å². The fourth-order valence-corrected chi connectivity index (χ4v) is 4.08. The first kappa shape index (κ1) is 23.8. The molecule has 0 spiro atoms. The second kappa shape index (κ2) is 9.15. The molecular formula is C28H23F2N3O2. The maximum absolute atomic E-state index is 14.7. The van der Waals surface area contributed by atoms with Gasteiger partial charge in [0, 0.05) is 29.4 Å². The maximum Gasteiger partial charge on any atom is 0.337 e. The first-order chi connectivity index (χ1) is 16.6. The fourth-order valence-electron chi connectivity index (χ4n) is 4.08. The zero-order valence-electron chi connectivity index (χ0n) is 19.5. The van der Waals surface area contributed by atoms with Gasteiger partial charge >= 0.3 is 5.97 Å². The van der Waals surface area contributed by atoms with Crippen LogP contribution in [0.5, 0.6) is 0 Å². The van der Waals surface area contributed by atoms with Crippen LogP contribution in [0, 0.1) is 23.0 Å². The van der Waals surface area contributed by atoms with Gasteiger partial charge in [0.15, 0.2) is 0 Å². The minimum absolute atomic E-state index is 0.0379. The van der Waals surface area contributed by atoms with Crippen molar-refractivity contribution >= 4 is 22.6 Å². The van der Waals surface area contributed by atoms with E-state index in [0.717, 1.165) is 0 Å². The van der Waals surface area contributed by atoms with E-state index >= 15 is 0 Å². The summed E-state index contributed by atoms with van der Waals surface area (Å²) >= 11 is 0. The SMILES string of the molecule is CC(C)(C)c1ccc(CNc2cc(F)c(C#N)cc2-c2ccc(C(=O)O)c3ncccc23)cc1F. The zero-order chi connectivity index (χ0) is 25.3. The largest absolute Gasteiger partial charge is 0.478 e. The van der Waals surface area contributed by atoms with Crippen LogP contribution in [0.3, 0.4) is 0 Å². The van der Waals surface area contributed by atoms with Gasteiger partial charge in [-0.2, -0.15) is 5.26 Å². The molecule has 0 aliphatic rings. The van der Waals surface area contributed by atoms with Crippen molar-refractivity contribution in [1.29, 1.82) is 5.26 Å². The number of hydrogen-bond donors (Lipinski definition) is 2. The van der Waals surface area contributed by atoms with Gasteiger partial charge in [-0.05, 0) is 52.4 Å². The van der Waals surface area contributed by atoms with E-state index in [9.17, 15) is 23.9 Å². The van der Waals surface area contributed by atoms with E-state index in [0.29, 0.717) is 33.3 Å². The quantitative estimate of drug-likeness (QED) is 0.340. The van der Waals surface area contributed by atoms with Gasteiger partial charge in [-0.3, -0.25) is 4.98 Å². The molecule has 0 aliphatic heterocycles. The van der Waals surface area contributed by atoms with Gasteiger partial charge in [-0.25, -0.2) is 13.6 Å². The summed E-state index contributed by atoms with van der Waals surface area (Å²) in [6, 6.07) is 16.0. The summed E-state index contributed by atoms with van der Waals surface area (Å²) in [5.74, 6) is -2.13. The second-order valence-electron chi connectivity index (χ2n) is 9.27. The van der Waals surface area contributed by atoms with Crippen LogP contribution < -0.4 is 5.32 Å². The Bertz CT molecular complexity index is 1500. The summed E-state index contributed by atoms with van der Waals surface area (Å²) < 4.78 is 29.3. The lowest BCUT2D eigenvalue weighted by Crippen LogP contribution is -2.14. The lowest BCUT2D eigenvalue weighted by molar-refractivity contribution is 0.0699. The third kappa shape index (κ3) is 4.69. The highest BCUT2D eigenvalue weighted by atomic mass is 19.1. The lowest BCUT2D eigenvalue weighted by atomic mass is 9.86. The van der Waals surface area contributed by atoms with Gasteiger partial charge < -0.3 is 10.4 Å². The van der Waals surface area contributed by atoms with E-state index in [-0.39, 0.29) is 34.4 Å². The van der Waals surface area contributed by atoms with Crippen LogP contribution in [-0.2, 0) is 12.0 Å². The van der Waals surface area contributed by atoms with Gasteiger partial charge in [-0.1, -0.05) is 45.0 Å². The topological polar surface area (TPSA) is 86.0 Å². The number of nitrogens with one attached hydrogen (secondary N) is 1. The van der Waals surface area contributed by atoms with Crippen LogP contribution in [-0.4, -0.2) is 16.1 Å². The number of halogens is 2. The number of aromatic nitrogens is 1. The van der Waals surface area contributed by atoms with Crippen LogP contribution in [0.15, 0.2) is 60.8 Å². The molecule has 4 rings (SSSR count). The normalized spacial score (nSPS) is 11.3. The van der Waals surface area contributed by atoms with Crippen molar-refractivity contribution in [2.75, 3.05) is 5.32 Å². The average molecular weight is 472 g/mol. The van der Waals surface area contributed by atoms with Gasteiger partial charge in [-0.15, -0.1) is 0 Å². The molecule has 0 saturated carbocycles. The molecule has 0 aliphatic carbocycles. The number of carboxylic acid groups (broad SMARTS) is 1. The number of carboxylic acids is 1. The summed E-state index contributed by atoms with van der Waals surface area (Å²) in [4.78, 5) is 15.9. The second-order valence-corrected chi connectivity index (χ2v) is 9.27. The Morgan fingerprint density at radius 2 is 1.83 bits per heavy atom. The number of nitriles is 1. The van der Waals surface area contributed by atoms with Gasteiger partial charge in [0.25, 0.3) is 0 Å². The number of aromatic carboxylic acids is 1. The van der Waals surface area contributed by atoms with Crippen molar-refractivity contribution < 1.29 is 18.7 Å². The fraction of sp³-hybridized carbons (Fsp3) is 0.179. The molecule has 5 nitrogen and oxygen atoms in total. The molecule has 1 aromatic heterocycles. The average Bonchev–Trinajstić information content (AvgIpc) is 2.81. The molecule has 0 fully saturated rings. The lowest BCUT2D eigenvalue weighted by Gasteiger charge is -2.20. The third-order valence-corrected chi connectivity index (χ3v) is 5.84. The Kier molecular flexibility index (Phi) is 6.23. The summed E-state index contributed by atoms with van der Waals surface area (Å²) in [6.07, 6.45) is 1.50. The van der Waals surface area contributed by atoms with Crippen molar-refractivity contribution in [3.05, 3.63) is 94.7 Å². The van der Waals surface area contributed by atoms with Crippen molar-refractivity contribution in [3.63, 3.8) is 0 Å². The molecular weight excluding hydrogens is 448 g/mol. The van der Waals surface area contributed by atoms with E-state index in [4.69, 9.17) is 0 Å². The van der Waals surface area contributed by atoms with Crippen molar-refractivity contribution in [1.82, 2.24) is 4.98 Å². The number of anilines is 1. The molecule has 0 bridgehead atoms. The smallest absolute Gasteiger partial charge is 0.337 e. The molecule has 7 heteroatoms. The van der Waals surface area contributed by atoms with E-state index in [1.807, 2.05) is 32.9 Å². The molecule has 0 unspecified atom stereocenters. The predicted octanol–water partition coefficient (Wildman–Crippen LogP) is 6.66. The van der Waals surface area contributed by atoms with Crippen LogP contribution in [0.2, 0.25) is 0 Å². The maximum atomic E-state index is 14.7. The van der Waals surface area contributed by atoms with E-state index in [2.05, 4.69) is 10.3 Å². The molecule has 0 atom stereocenters. The first-order valence-electron chi connectivity index (χ1n) is 11.0. The molecule has 3 aromatic carbocycles. The number of benzene rings is 3. The number of nitrogens with zero attached hydrogens (tertiary/aromatic N) is 2. The van der Waals surface area contributed by atoms with Crippen LogP contribution >= 0.6 is 0 Å². The van der Waals surface area contributed by atoms with E-state index in [1.165, 1.54) is 30.5 Å². The van der Waals surface area contributed by atoms with E-state index < -0.39 is 11.8 Å². The van der Waals surface area contributed by atoms with Gasteiger partial charge in [0.1, 0.15) is 17.7 Å². The minimum atomic E-state index is -1.11. The molecule has 0 saturated heterocycles. The third-order valence-electron chi connectivity index (χ3n) is 5.84. The Hall–Kier alpha value is -4.31. The number of fused-ring (bicyclic) bond motifs is 1. The standard InChI is InChI=1S/C28H23F2N3O2/c1-28(2,3)22-9-6-16(11-24(22)30)15-33-25-13-23(29)17(14-31)12-21(25)18-7-8-20(27(34)35)26-19(18)5-4-10-32-26/h4-13,33H,15H2,1-3H3,(H,34,35). The van der Waals surface area contributed by atoms with Gasteiger partial charge in [0.2, 0.25) is 0 Å². The zero-order valence-corrected chi connectivity index (χ0v) is 19.5. The van der Waals surface area contributed by atoms with E-state index in [1.54, 1.807) is 24.3 Å². The Labute approximate surface area is 201 Å². The number of carbonyl (C=O) groups is 1. The summed E-state index contributed by atoms with van der Waals surface area (Å²) in [5.41, 5.74) is 2.58. The summed E-state index contributed by atoms with van der Waals surface area (Å²) in [7, 11) is 0. The van der Waals surface area contributed by atoms with Gasteiger partial charge in [0.05, 0.1) is 16.6 Å². The molecule has 4 aromatic rings. The number of hydrogen-bond acceptors (Lipinski definition) is 4. The minimum Gasteiger partial charge on any atom is -0.478 e. The highest BCUT2D eigenvalue weighted by Crippen LogP contribution is 2.36. The summed E-state index contributed by atoms with van der Waals surface area (Å²) in [5, 5.41) is 22.6. The van der Waals surface area contributed by atoms with Crippen LogP contribution in [0.25, 0.3) is 22.0 Å².